The highest BCUT2D eigenvalue weighted by atomic mass is 35.5. The summed E-state index contributed by atoms with van der Waals surface area (Å²) in [7, 11) is 0. The van der Waals surface area contributed by atoms with E-state index in [0.717, 1.165) is 38.5 Å². The van der Waals surface area contributed by atoms with Crippen LogP contribution in [0.25, 0.3) is 0 Å². The van der Waals surface area contributed by atoms with Crippen LogP contribution < -0.4 is 0 Å². The van der Waals surface area contributed by atoms with Crippen LogP contribution in [-0.2, 0) is 0 Å². The molecule has 0 aromatic carbocycles. The van der Waals surface area contributed by atoms with E-state index in [4.69, 9.17) is 69.6 Å². The predicted octanol–water partition coefficient (Wildman–Crippen LogP) is 5.99. The molecule has 0 nitrogen and oxygen atoms in total. The lowest BCUT2D eigenvalue weighted by Crippen LogP contribution is -2.40. The first kappa shape index (κ1) is 17.8. The van der Waals surface area contributed by atoms with Crippen LogP contribution in [0.1, 0.15) is 38.5 Å². The number of rotatable bonds is 0. The monoisotopic (exact) mass is 372 g/mol. The van der Waals surface area contributed by atoms with E-state index in [1.165, 1.54) is 0 Å². The maximum atomic E-state index is 6.28. The molecule has 6 atom stereocenters. The Labute approximate surface area is 140 Å². The molecule has 0 heterocycles. The van der Waals surface area contributed by atoms with Crippen molar-refractivity contribution in [3.8, 4) is 0 Å². The van der Waals surface area contributed by atoms with Gasteiger partial charge in [0, 0.05) is 0 Å². The summed E-state index contributed by atoms with van der Waals surface area (Å²) in [5.41, 5.74) is 0. The number of halogens is 6. The molecule has 0 aliphatic heterocycles. The molecule has 0 saturated heterocycles. The van der Waals surface area contributed by atoms with Crippen LogP contribution in [-0.4, -0.2) is 32.3 Å². The first-order chi connectivity index (χ1) is 8.45. The van der Waals surface area contributed by atoms with Crippen LogP contribution in [0.3, 0.4) is 0 Å². The maximum absolute atomic E-state index is 6.28. The molecular weight excluding hydrogens is 357 g/mol. The average molecular weight is 375 g/mol. The Morgan fingerprint density at radius 1 is 0.444 bits per heavy atom. The van der Waals surface area contributed by atoms with Gasteiger partial charge in [-0.05, 0) is 12.8 Å². The zero-order valence-corrected chi connectivity index (χ0v) is 14.5. The maximum Gasteiger partial charge on any atom is 0.0692 e. The van der Waals surface area contributed by atoms with Crippen LogP contribution in [0.15, 0.2) is 0 Å². The molecule has 1 saturated carbocycles. The van der Waals surface area contributed by atoms with E-state index in [1.54, 1.807) is 0 Å². The average Bonchev–Trinajstić information content (AvgIpc) is 2.37. The van der Waals surface area contributed by atoms with Crippen molar-refractivity contribution >= 4 is 69.6 Å². The topological polar surface area (TPSA) is 0 Å². The first-order valence-electron chi connectivity index (χ1n) is 6.29. The smallest absolute Gasteiger partial charge is 0.0692 e. The van der Waals surface area contributed by atoms with Gasteiger partial charge >= 0.3 is 0 Å². The van der Waals surface area contributed by atoms with Crippen molar-refractivity contribution in [3.05, 3.63) is 0 Å². The van der Waals surface area contributed by atoms with Gasteiger partial charge in [-0.2, -0.15) is 0 Å². The summed E-state index contributed by atoms with van der Waals surface area (Å²) >= 11 is 37.6. The van der Waals surface area contributed by atoms with Crippen molar-refractivity contribution in [1.82, 2.24) is 0 Å². The molecule has 0 aromatic heterocycles. The highest BCUT2D eigenvalue weighted by Gasteiger charge is 2.36. The molecule has 1 aliphatic carbocycles. The van der Waals surface area contributed by atoms with E-state index in [1.807, 2.05) is 0 Å². The molecule has 6 heteroatoms. The lowest BCUT2D eigenvalue weighted by Gasteiger charge is -2.29. The van der Waals surface area contributed by atoms with Crippen LogP contribution in [0.4, 0.5) is 0 Å². The van der Waals surface area contributed by atoms with Crippen molar-refractivity contribution in [2.45, 2.75) is 70.8 Å². The molecule has 18 heavy (non-hydrogen) atoms. The van der Waals surface area contributed by atoms with Crippen LogP contribution >= 0.6 is 69.6 Å². The number of hydrogen-bond acceptors (Lipinski definition) is 0. The SMILES string of the molecule is ClC1CCCCCCC(Cl)C(Cl)C(Cl)C(Cl)C1Cl. The van der Waals surface area contributed by atoms with Crippen molar-refractivity contribution < 1.29 is 0 Å². The molecule has 1 fully saturated rings. The molecule has 0 radical (unpaired) electrons. The van der Waals surface area contributed by atoms with Crippen molar-refractivity contribution in [2.24, 2.45) is 0 Å². The van der Waals surface area contributed by atoms with E-state index in [-0.39, 0.29) is 21.5 Å². The second-order valence-electron chi connectivity index (χ2n) is 4.80. The van der Waals surface area contributed by atoms with E-state index in [0.29, 0.717) is 0 Å². The minimum atomic E-state index is -0.473. The highest BCUT2D eigenvalue weighted by molar-refractivity contribution is 6.41. The first-order valence-corrected chi connectivity index (χ1v) is 8.91. The van der Waals surface area contributed by atoms with E-state index >= 15 is 0 Å². The Balaban J connectivity index is 2.71. The summed E-state index contributed by atoms with van der Waals surface area (Å²) in [6, 6.07) is 0. The normalized spacial score (nSPS) is 45.0. The molecule has 0 spiro atoms. The van der Waals surface area contributed by atoms with Gasteiger partial charge in [-0.15, -0.1) is 69.6 Å². The number of hydrogen-bond donors (Lipinski definition) is 0. The third-order valence-electron chi connectivity index (χ3n) is 3.31. The van der Waals surface area contributed by atoms with Crippen molar-refractivity contribution in [1.29, 1.82) is 0 Å². The lowest BCUT2D eigenvalue weighted by molar-refractivity contribution is 0.523. The van der Waals surface area contributed by atoms with Crippen molar-refractivity contribution in [2.75, 3.05) is 0 Å². The standard InChI is InChI=1S/C12H18Cl6/c13-7-5-3-1-2-4-6-8(14)10(16)12(18)11(17)9(7)15/h7-12H,1-6H2. The van der Waals surface area contributed by atoms with Gasteiger partial charge in [0.15, 0.2) is 0 Å². The second kappa shape index (κ2) is 8.90. The Kier molecular flexibility index (Phi) is 8.80. The zero-order chi connectivity index (χ0) is 13.7. The fourth-order valence-corrected chi connectivity index (χ4v) is 4.25. The molecule has 6 unspecified atom stereocenters. The number of alkyl halides is 6. The summed E-state index contributed by atoms with van der Waals surface area (Å²) < 4.78 is 0. The van der Waals surface area contributed by atoms with Gasteiger partial charge in [0.1, 0.15) is 0 Å². The summed E-state index contributed by atoms with van der Waals surface area (Å²) in [6.07, 6.45) is 6.12. The molecule has 1 aliphatic rings. The van der Waals surface area contributed by atoms with E-state index < -0.39 is 10.8 Å². The summed E-state index contributed by atoms with van der Waals surface area (Å²) in [4.78, 5) is 0. The van der Waals surface area contributed by atoms with Gasteiger partial charge in [-0.25, -0.2) is 0 Å². The third-order valence-corrected chi connectivity index (χ3v) is 7.17. The molecule has 0 aromatic rings. The van der Waals surface area contributed by atoms with E-state index in [9.17, 15) is 0 Å². The molecular formula is C12H18Cl6. The summed E-state index contributed by atoms with van der Waals surface area (Å²) in [5, 5.41) is -2.07. The summed E-state index contributed by atoms with van der Waals surface area (Å²) in [5.74, 6) is 0. The lowest BCUT2D eigenvalue weighted by atomic mass is 9.99. The second-order valence-corrected chi connectivity index (χ2v) is 7.94. The molecule has 0 bridgehead atoms. The molecule has 1 rings (SSSR count). The minimum absolute atomic E-state index is 0.174. The van der Waals surface area contributed by atoms with Gasteiger partial charge in [0.2, 0.25) is 0 Å². The van der Waals surface area contributed by atoms with Gasteiger partial charge < -0.3 is 0 Å². The van der Waals surface area contributed by atoms with Crippen LogP contribution in [0.2, 0.25) is 0 Å². The Bertz CT molecular complexity index is 213. The van der Waals surface area contributed by atoms with Gasteiger partial charge in [0.05, 0.1) is 32.3 Å². The van der Waals surface area contributed by atoms with Gasteiger partial charge in [-0.3, -0.25) is 0 Å². The quantitative estimate of drug-likeness (QED) is 0.457. The Morgan fingerprint density at radius 2 is 0.778 bits per heavy atom. The fraction of sp³-hybridized carbons (Fsp3) is 1.00. The Morgan fingerprint density at radius 3 is 1.11 bits per heavy atom. The highest BCUT2D eigenvalue weighted by Crippen LogP contribution is 2.34. The zero-order valence-electron chi connectivity index (χ0n) is 9.97. The summed E-state index contributed by atoms with van der Waals surface area (Å²) in [6.45, 7) is 0. The Hall–Kier alpha value is 1.74. The largest absolute Gasteiger partial charge is 0.121 e. The molecule has 108 valence electrons. The predicted molar refractivity (Wildman–Crippen MR) is 85.5 cm³/mol. The molecule has 0 N–H and O–H groups in total. The fourth-order valence-electron chi connectivity index (χ4n) is 2.10. The van der Waals surface area contributed by atoms with Crippen LogP contribution in [0.5, 0.6) is 0 Å². The third kappa shape index (κ3) is 5.26. The van der Waals surface area contributed by atoms with Gasteiger partial charge in [0.25, 0.3) is 0 Å². The van der Waals surface area contributed by atoms with Gasteiger partial charge in [-0.1, -0.05) is 25.7 Å². The minimum Gasteiger partial charge on any atom is -0.121 e. The van der Waals surface area contributed by atoms with Crippen LogP contribution in [0, 0.1) is 0 Å². The molecule has 0 amide bonds. The van der Waals surface area contributed by atoms with Crippen molar-refractivity contribution in [3.63, 3.8) is 0 Å². The van der Waals surface area contributed by atoms with E-state index in [2.05, 4.69) is 0 Å².